The molecule has 4 rings (SSSR count). The number of nitrogens with one attached hydrogen (secondary N) is 2. The van der Waals surface area contributed by atoms with Crippen LogP contribution in [0, 0.1) is 16.0 Å². The van der Waals surface area contributed by atoms with Gasteiger partial charge in [0.2, 0.25) is 5.91 Å². The summed E-state index contributed by atoms with van der Waals surface area (Å²) in [6.07, 6.45) is 1.49. The molecule has 33 heavy (non-hydrogen) atoms. The fourth-order valence-electron chi connectivity index (χ4n) is 4.27. The first-order chi connectivity index (χ1) is 16.0. The Hall–Kier alpha value is -3.94. The van der Waals surface area contributed by atoms with Crippen LogP contribution >= 0.6 is 0 Å². The van der Waals surface area contributed by atoms with Gasteiger partial charge in [-0.15, -0.1) is 0 Å². The van der Waals surface area contributed by atoms with Crippen molar-refractivity contribution >= 4 is 34.0 Å². The first-order valence-corrected chi connectivity index (χ1v) is 11.1. The third-order valence-electron chi connectivity index (χ3n) is 5.94. The van der Waals surface area contributed by atoms with Crippen LogP contribution in [0.25, 0.3) is 10.8 Å². The number of piperidine rings is 1. The molecule has 0 radical (unpaired) electrons. The number of nitrogens with zero attached hydrogens (tertiary/aromatic N) is 2. The highest BCUT2D eigenvalue weighted by Gasteiger charge is 2.29. The molecule has 2 amide bonds. The summed E-state index contributed by atoms with van der Waals surface area (Å²) in [4.78, 5) is 38.4. The molecule has 0 saturated carbocycles. The van der Waals surface area contributed by atoms with Crippen LogP contribution in [-0.2, 0) is 4.79 Å². The molecule has 0 aliphatic carbocycles. The van der Waals surface area contributed by atoms with Gasteiger partial charge in [0.1, 0.15) is 5.69 Å². The molecule has 1 aliphatic heterocycles. The van der Waals surface area contributed by atoms with Crippen molar-refractivity contribution in [2.75, 3.05) is 31.5 Å². The Balaban J connectivity index is 1.32. The summed E-state index contributed by atoms with van der Waals surface area (Å²) in [7, 11) is 0. The van der Waals surface area contributed by atoms with E-state index in [1.54, 1.807) is 23.1 Å². The monoisotopic (exact) mass is 446 g/mol. The smallest absolute Gasteiger partial charge is 0.292 e. The molecule has 1 atom stereocenters. The van der Waals surface area contributed by atoms with E-state index in [-0.39, 0.29) is 23.4 Å². The molecular weight excluding hydrogens is 420 g/mol. The van der Waals surface area contributed by atoms with Crippen molar-refractivity contribution in [3.05, 3.63) is 82.4 Å². The highest BCUT2D eigenvalue weighted by Crippen LogP contribution is 2.24. The number of nitro benzene ring substituents is 1. The number of hydrogen-bond acceptors (Lipinski definition) is 5. The van der Waals surface area contributed by atoms with Crippen molar-refractivity contribution in [2.24, 2.45) is 5.92 Å². The molecule has 1 unspecified atom stereocenters. The summed E-state index contributed by atoms with van der Waals surface area (Å²) in [5.74, 6) is -0.430. The van der Waals surface area contributed by atoms with Gasteiger partial charge >= 0.3 is 0 Å². The van der Waals surface area contributed by atoms with Crippen molar-refractivity contribution in [1.29, 1.82) is 0 Å². The zero-order valence-corrected chi connectivity index (χ0v) is 18.2. The number of rotatable bonds is 7. The Labute approximate surface area is 191 Å². The third-order valence-corrected chi connectivity index (χ3v) is 5.94. The van der Waals surface area contributed by atoms with Crippen LogP contribution in [0.15, 0.2) is 66.7 Å². The number of likely N-dealkylation sites (tertiary alicyclic amines) is 1. The highest BCUT2D eigenvalue weighted by molar-refractivity contribution is 6.07. The van der Waals surface area contributed by atoms with Crippen molar-refractivity contribution in [1.82, 2.24) is 10.2 Å². The Morgan fingerprint density at radius 1 is 1.00 bits per heavy atom. The minimum Gasteiger partial charge on any atom is -0.378 e. The van der Waals surface area contributed by atoms with Crippen molar-refractivity contribution in [3.63, 3.8) is 0 Å². The van der Waals surface area contributed by atoms with Crippen LogP contribution in [0.5, 0.6) is 0 Å². The van der Waals surface area contributed by atoms with Crippen LogP contribution in [0.2, 0.25) is 0 Å². The van der Waals surface area contributed by atoms with Gasteiger partial charge in [0, 0.05) is 37.8 Å². The van der Waals surface area contributed by atoms with E-state index in [1.807, 2.05) is 42.5 Å². The van der Waals surface area contributed by atoms with Gasteiger partial charge in [-0.25, -0.2) is 0 Å². The van der Waals surface area contributed by atoms with Gasteiger partial charge in [-0.1, -0.05) is 48.5 Å². The van der Waals surface area contributed by atoms with Gasteiger partial charge in [-0.3, -0.25) is 19.7 Å². The molecule has 3 aromatic rings. The summed E-state index contributed by atoms with van der Waals surface area (Å²) >= 11 is 0. The number of carbonyl (C=O) groups is 2. The molecule has 0 aromatic heterocycles. The number of amides is 2. The van der Waals surface area contributed by atoms with Gasteiger partial charge in [0.25, 0.3) is 11.6 Å². The van der Waals surface area contributed by atoms with Gasteiger partial charge in [0.05, 0.1) is 10.8 Å². The van der Waals surface area contributed by atoms with E-state index in [1.165, 1.54) is 6.07 Å². The predicted molar refractivity (Wildman–Crippen MR) is 127 cm³/mol. The third kappa shape index (κ3) is 5.11. The van der Waals surface area contributed by atoms with Crippen molar-refractivity contribution in [2.45, 2.75) is 12.8 Å². The molecular formula is C25H26N4O4. The summed E-state index contributed by atoms with van der Waals surface area (Å²) in [6, 6.07) is 19.9. The number of anilines is 1. The lowest BCUT2D eigenvalue weighted by molar-refractivity contribution is -0.384. The molecule has 8 heteroatoms. The maximum absolute atomic E-state index is 13.2. The van der Waals surface area contributed by atoms with E-state index < -0.39 is 4.92 Å². The quantitative estimate of drug-likeness (QED) is 0.326. The van der Waals surface area contributed by atoms with E-state index in [9.17, 15) is 19.7 Å². The van der Waals surface area contributed by atoms with Crippen LogP contribution in [-0.4, -0.2) is 47.8 Å². The van der Waals surface area contributed by atoms with Crippen molar-refractivity contribution in [3.8, 4) is 0 Å². The summed E-state index contributed by atoms with van der Waals surface area (Å²) in [5, 5.41) is 18.9. The minimum absolute atomic E-state index is 0.00121. The largest absolute Gasteiger partial charge is 0.378 e. The highest BCUT2D eigenvalue weighted by atomic mass is 16.6. The number of para-hydroxylation sites is 2. The fraction of sp³-hybridized carbons (Fsp3) is 0.280. The first-order valence-electron chi connectivity index (χ1n) is 11.1. The van der Waals surface area contributed by atoms with E-state index in [2.05, 4.69) is 10.6 Å². The fourth-order valence-corrected chi connectivity index (χ4v) is 4.27. The van der Waals surface area contributed by atoms with Gasteiger partial charge in [-0.05, 0) is 35.7 Å². The molecule has 170 valence electrons. The Morgan fingerprint density at radius 3 is 2.61 bits per heavy atom. The Kier molecular flexibility index (Phi) is 6.83. The second-order valence-electron chi connectivity index (χ2n) is 8.11. The maximum Gasteiger partial charge on any atom is 0.292 e. The lowest BCUT2D eigenvalue weighted by Crippen LogP contribution is -2.46. The molecule has 1 aliphatic rings. The lowest BCUT2D eigenvalue weighted by atomic mass is 9.95. The number of fused-ring (bicyclic) bond motifs is 1. The number of benzene rings is 3. The van der Waals surface area contributed by atoms with E-state index in [0.29, 0.717) is 37.4 Å². The summed E-state index contributed by atoms with van der Waals surface area (Å²) in [6.45, 7) is 1.71. The van der Waals surface area contributed by atoms with Crippen LogP contribution in [0.3, 0.4) is 0 Å². The zero-order chi connectivity index (χ0) is 23.2. The Bertz CT molecular complexity index is 1170. The average Bonchev–Trinajstić information content (AvgIpc) is 2.86. The standard InChI is InChI=1S/C25H26N4O4/c30-24(27-15-14-26-22-12-3-4-13-23(22)29(32)33)19-9-6-16-28(17-19)25(31)21-11-5-8-18-7-1-2-10-20(18)21/h1-5,7-8,10-13,19,26H,6,9,14-17H2,(H,27,30). The van der Waals surface area contributed by atoms with Crippen LogP contribution in [0.4, 0.5) is 11.4 Å². The summed E-state index contributed by atoms with van der Waals surface area (Å²) < 4.78 is 0. The van der Waals surface area contributed by atoms with E-state index in [0.717, 1.165) is 23.6 Å². The second kappa shape index (κ2) is 10.1. The van der Waals surface area contributed by atoms with Gasteiger partial charge in [0.15, 0.2) is 0 Å². The van der Waals surface area contributed by atoms with Gasteiger partial charge in [-0.2, -0.15) is 0 Å². The number of hydrogen-bond donors (Lipinski definition) is 2. The second-order valence-corrected chi connectivity index (χ2v) is 8.11. The van der Waals surface area contributed by atoms with Crippen LogP contribution in [0.1, 0.15) is 23.2 Å². The molecule has 1 fully saturated rings. The minimum atomic E-state index is -0.440. The molecule has 1 heterocycles. The molecule has 1 saturated heterocycles. The molecule has 3 aromatic carbocycles. The number of carbonyl (C=O) groups excluding carboxylic acids is 2. The SMILES string of the molecule is O=C(NCCNc1ccccc1[N+](=O)[O-])C1CCCN(C(=O)c2cccc3ccccc23)C1. The normalized spacial score (nSPS) is 15.8. The molecule has 0 spiro atoms. The first kappa shape index (κ1) is 22.3. The van der Waals surface area contributed by atoms with Crippen molar-refractivity contribution < 1.29 is 14.5 Å². The average molecular weight is 447 g/mol. The van der Waals surface area contributed by atoms with E-state index in [4.69, 9.17) is 0 Å². The molecule has 2 N–H and O–H groups in total. The van der Waals surface area contributed by atoms with E-state index >= 15 is 0 Å². The summed E-state index contributed by atoms with van der Waals surface area (Å²) in [5.41, 5.74) is 1.07. The maximum atomic E-state index is 13.2. The lowest BCUT2D eigenvalue weighted by Gasteiger charge is -2.32. The van der Waals surface area contributed by atoms with Crippen LogP contribution < -0.4 is 10.6 Å². The Morgan fingerprint density at radius 2 is 1.76 bits per heavy atom. The molecule has 0 bridgehead atoms. The number of nitro groups is 1. The van der Waals surface area contributed by atoms with Gasteiger partial charge < -0.3 is 15.5 Å². The molecule has 8 nitrogen and oxygen atoms in total. The predicted octanol–water partition coefficient (Wildman–Crippen LogP) is 3.83. The zero-order valence-electron chi connectivity index (χ0n) is 18.2. The topological polar surface area (TPSA) is 105 Å².